The molecule has 3 rings (SSSR count). The minimum absolute atomic E-state index is 0.382. The standard InChI is InChI=1S/C14H20N4O2/c15-14(19)12-7-16-4-1-13(12)17-10-2-5-18(6-3-10)11-8-20-9-11/h1,4,7,10-11H,2-3,5-6,8-9H2,(H2,15,19)(H,16,17). The van der Waals surface area contributed by atoms with Gasteiger partial charge in [-0.15, -0.1) is 0 Å². The molecular formula is C14H20N4O2. The van der Waals surface area contributed by atoms with Crippen LogP contribution in [-0.2, 0) is 4.74 Å². The van der Waals surface area contributed by atoms with Crippen LogP contribution in [0.25, 0.3) is 0 Å². The molecule has 0 aromatic carbocycles. The third kappa shape index (κ3) is 2.76. The second-order valence-electron chi connectivity index (χ2n) is 5.43. The molecule has 2 aliphatic heterocycles. The van der Waals surface area contributed by atoms with Crippen LogP contribution in [0.1, 0.15) is 23.2 Å². The van der Waals surface area contributed by atoms with Gasteiger partial charge in [-0.25, -0.2) is 0 Å². The lowest BCUT2D eigenvalue weighted by Gasteiger charge is -2.41. The Bertz CT molecular complexity index is 482. The van der Waals surface area contributed by atoms with Gasteiger partial charge in [0.05, 0.1) is 30.5 Å². The van der Waals surface area contributed by atoms with E-state index in [4.69, 9.17) is 10.5 Å². The van der Waals surface area contributed by atoms with Crippen molar-refractivity contribution in [2.45, 2.75) is 24.9 Å². The third-order valence-electron chi connectivity index (χ3n) is 4.11. The number of pyridine rings is 1. The van der Waals surface area contributed by atoms with E-state index in [-0.39, 0.29) is 0 Å². The van der Waals surface area contributed by atoms with Crippen molar-refractivity contribution in [3.8, 4) is 0 Å². The smallest absolute Gasteiger partial charge is 0.252 e. The first-order valence-corrected chi connectivity index (χ1v) is 7.06. The molecular weight excluding hydrogens is 256 g/mol. The summed E-state index contributed by atoms with van der Waals surface area (Å²) in [7, 11) is 0. The van der Waals surface area contributed by atoms with Gasteiger partial charge in [0.15, 0.2) is 0 Å². The van der Waals surface area contributed by atoms with Gasteiger partial charge >= 0.3 is 0 Å². The third-order valence-corrected chi connectivity index (χ3v) is 4.11. The van der Waals surface area contributed by atoms with Crippen molar-refractivity contribution >= 4 is 11.6 Å². The molecule has 3 heterocycles. The second-order valence-corrected chi connectivity index (χ2v) is 5.43. The summed E-state index contributed by atoms with van der Waals surface area (Å²) in [6, 6.07) is 2.80. The number of carbonyl (C=O) groups is 1. The van der Waals surface area contributed by atoms with E-state index in [9.17, 15) is 4.79 Å². The van der Waals surface area contributed by atoms with Gasteiger partial charge in [-0.05, 0) is 18.9 Å². The molecule has 0 bridgehead atoms. The molecule has 0 saturated carbocycles. The molecule has 1 aromatic rings. The summed E-state index contributed by atoms with van der Waals surface area (Å²) in [6.45, 7) is 3.88. The van der Waals surface area contributed by atoms with Gasteiger partial charge in [-0.1, -0.05) is 0 Å². The molecule has 1 aromatic heterocycles. The highest BCUT2D eigenvalue weighted by Crippen LogP contribution is 2.22. The summed E-state index contributed by atoms with van der Waals surface area (Å²) in [6.07, 6.45) is 5.33. The molecule has 0 atom stereocenters. The monoisotopic (exact) mass is 276 g/mol. The van der Waals surface area contributed by atoms with Crippen LogP contribution in [0.2, 0.25) is 0 Å². The predicted molar refractivity (Wildman–Crippen MR) is 75.6 cm³/mol. The number of anilines is 1. The molecule has 2 fully saturated rings. The number of primary amides is 1. The Balaban J connectivity index is 1.58. The van der Waals surface area contributed by atoms with Crippen LogP contribution in [0, 0.1) is 0 Å². The summed E-state index contributed by atoms with van der Waals surface area (Å²) in [5, 5.41) is 3.43. The average molecular weight is 276 g/mol. The number of aromatic nitrogens is 1. The maximum absolute atomic E-state index is 11.4. The molecule has 0 aliphatic carbocycles. The fourth-order valence-corrected chi connectivity index (χ4v) is 2.78. The van der Waals surface area contributed by atoms with Crippen molar-refractivity contribution in [1.29, 1.82) is 0 Å². The summed E-state index contributed by atoms with van der Waals surface area (Å²) in [4.78, 5) is 17.8. The minimum atomic E-state index is -0.440. The van der Waals surface area contributed by atoms with Crippen LogP contribution in [0.4, 0.5) is 5.69 Å². The van der Waals surface area contributed by atoms with Gasteiger partial charge in [-0.3, -0.25) is 14.7 Å². The number of hydrogen-bond acceptors (Lipinski definition) is 5. The summed E-state index contributed by atoms with van der Waals surface area (Å²) >= 11 is 0. The molecule has 6 heteroatoms. The van der Waals surface area contributed by atoms with Crippen LogP contribution in [-0.4, -0.2) is 54.2 Å². The summed E-state index contributed by atoms with van der Waals surface area (Å²) in [5.41, 5.74) is 6.62. The first-order chi connectivity index (χ1) is 9.74. The van der Waals surface area contributed by atoms with Crippen molar-refractivity contribution in [2.75, 3.05) is 31.6 Å². The maximum Gasteiger partial charge on any atom is 0.252 e. The normalized spacial score (nSPS) is 21.4. The van der Waals surface area contributed by atoms with Crippen LogP contribution < -0.4 is 11.1 Å². The predicted octanol–water partition coefficient (Wildman–Crippen LogP) is 0.456. The van der Waals surface area contributed by atoms with E-state index in [1.54, 1.807) is 6.20 Å². The topological polar surface area (TPSA) is 80.5 Å². The Hall–Kier alpha value is -1.66. The molecule has 20 heavy (non-hydrogen) atoms. The summed E-state index contributed by atoms with van der Waals surface area (Å²) < 4.78 is 5.24. The number of carbonyl (C=O) groups excluding carboxylic acids is 1. The summed E-state index contributed by atoms with van der Waals surface area (Å²) in [5.74, 6) is -0.440. The highest BCUT2D eigenvalue weighted by Gasteiger charge is 2.29. The van der Waals surface area contributed by atoms with Gasteiger partial charge in [0, 0.05) is 31.5 Å². The number of nitrogens with zero attached hydrogens (tertiary/aromatic N) is 2. The van der Waals surface area contributed by atoms with E-state index in [2.05, 4.69) is 15.2 Å². The molecule has 6 nitrogen and oxygen atoms in total. The first-order valence-electron chi connectivity index (χ1n) is 7.06. The molecule has 3 N–H and O–H groups in total. The van der Waals surface area contributed by atoms with Crippen LogP contribution in [0.5, 0.6) is 0 Å². The molecule has 0 spiro atoms. The van der Waals surface area contributed by atoms with Crippen LogP contribution >= 0.6 is 0 Å². The molecule has 108 valence electrons. The highest BCUT2D eigenvalue weighted by atomic mass is 16.5. The lowest BCUT2D eigenvalue weighted by molar-refractivity contribution is -0.0705. The average Bonchev–Trinajstić information content (AvgIpc) is 2.39. The lowest BCUT2D eigenvalue weighted by Crippen LogP contribution is -2.53. The van der Waals surface area contributed by atoms with Crippen molar-refractivity contribution in [3.05, 3.63) is 24.0 Å². The number of piperidine rings is 1. The van der Waals surface area contributed by atoms with E-state index < -0.39 is 5.91 Å². The Morgan fingerprint density at radius 2 is 2.15 bits per heavy atom. The molecule has 2 aliphatic rings. The van der Waals surface area contributed by atoms with E-state index >= 15 is 0 Å². The van der Waals surface area contributed by atoms with Crippen molar-refractivity contribution < 1.29 is 9.53 Å². The van der Waals surface area contributed by atoms with Gasteiger partial charge < -0.3 is 15.8 Å². The molecule has 0 unspecified atom stereocenters. The van der Waals surface area contributed by atoms with Crippen molar-refractivity contribution in [1.82, 2.24) is 9.88 Å². The lowest BCUT2D eigenvalue weighted by atomic mass is 10.0. The number of rotatable bonds is 4. The van der Waals surface area contributed by atoms with Crippen molar-refractivity contribution in [3.63, 3.8) is 0 Å². The first kappa shape index (κ1) is 13.3. The Kier molecular flexibility index (Phi) is 3.84. The Morgan fingerprint density at radius 1 is 1.40 bits per heavy atom. The largest absolute Gasteiger partial charge is 0.381 e. The van der Waals surface area contributed by atoms with Crippen LogP contribution in [0.3, 0.4) is 0 Å². The molecule has 0 radical (unpaired) electrons. The fraction of sp³-hybridized carbons (Fsp3) is 0.571. The number of nitrogens with one attached hydrogen (secondary N) is 1. The second kappa shape index (κ2) is 5.76. The SMILES string of the molecule is NC(=O)c1cnccc1NC1CCN(C2COC2)CC1. The Morgan fingerprint density at radius 3 is 2.75 bits per heavy atom. The Labute approximate surface area is 118 Å². The van der Waals surface area contributed by atoms with E-state index in [0.717, 1.165) is 44.8 Å². The van der Waals surface area contributed by atoms with E-state index in [1.165, 1.54) is 6.20 Å². The van der Waals surface area contributed by atoms with Gasteiger partial charge in [0.1, 0.15) is 0 Å². The van der Waals surface area contributed by atoms with Gasteiger partial charge in [0.25, 0.3) is 5.91 Å². The minimum Gasteiger partial charge on any atom is -0.381 e. The van der Waals surface area contributed by atoms with Gasteiger partial charge in [-0.2, -0.15) is 0 Å². The molecule has 1 amide bonds. The number of hydrogen-bond donors (Lipinski definition) is 2. The maximum atomic E-state index is 11.4. The fourth-order valence-electron chi connectivity index (χ4n) is 2.78. The zero-order valence-electron chi connectivity index (χ0n) is 11.4. The zero-order chi connectivity index (χ0) is 13.9. The van der Waals surface area contributed by atoms with Gasteiger partial charge in [0.2, 0.25) is 0 Å². The number of likely N-dealkylation sites (tertiary alicyclic amines) is 1. The van der Waals surface area contributed by atoms with Crippen molar-refractivity contribution in [2.24, 2.45) is 5.73 Å². The quantitative estimate of drug-likeness (QED) is 0.835. The van der Waals surface area contributed by atoms with E-state index in [1.807, 2.05) is 6.07 Å². The number of nitrogens with two attached hydrogens (primary N) is 1. The number of ether oxygens (including phenoxy) is 1. The number of amides is 1. The highest BCUT2D eigenvalue weighted by molar-refractivity contribution is 5.98. The van der Waals surface area contributed by atoms with E-state index in [0.29, 0.717) is 17.6 Å². The zero-order valence-corrected chi connectivity index (χ0v) is 11.4. The molecule has 2 saturated heterocycles. The van der Waals surface area contributed by atoms with Crippen LogP contribution in [0.15, 0.2) is 18.5 Å².